The van der Waals surface area contributed by atoms with Crippen LogP contribution in [0.3, 0.4) is 0 Å². The summed E-state index contributed by atoms with van der Waals surface area (Å²) in [5.74, 6) is 0.448. The van der Waals surface area contributed by atoms with Gasteiger partial charge in [-0.25, -0.2) is 0 Å². The van der Waals surface area contributed by atoms with Gasteiger partial charge in [-0.05, 0) is 24.7 Å². The number of nitrogens with zero attached hydrogens (tertiary/aromatic N) is 1. The van der Waals surface area contributed by atoms with Gasteiger partial charge in [0.05, 0.1) is 5.92 Å². The molecule has 2 aliphatic rings. The molecule has 2 fully saturated rings. The van der Waals surface area contributed by atoms with Gasteiger partial charge in [0.2, 0.25) is 5.91 Å². The number of carbonyl (C=O) groups is 1. The molecule has 0 radical (unpaired) electrons. The predicted molar refractivity (Wildman–Crippen MR) is 55.7 cm³/mol. The van der Waals surface area contributed by atoms with Gasteiger partial charge in [0.25, 0.3) is 0 Å². The monoisotopic (exact) mass is 196 g/mol. The van der Waals surface area contributed by atoms with Gasteiger partial charge < -0.3 is 10.6 Å². The average molecular weight is 196 g/mol. The van der Waals surface area contributed by atoms with Gasteiger partial charge in [-0.2, -0.15) is 0 Å². The van der Waals surface area contributed by atoms with Crippen LogP contribution in [0.2, 0.25) is 0 Å². The standard InChI is InChI=1S/C11H20N2O/c1-11(2)3-5-13(6-4-11)10(14)8-7-9(8)12/h8-9H,3-7,12H2,1-2H3. The first-order chi connectivity index (χ1) is 6.49. The summed E-state index contributed by atoms with van der Waals surface area (Å²) in [4.78, 5) is 13.8. The first kappa shape index (κ1) is 9.97. The summed E-state index contributed by atoms with van der Waals surface area (Å²) in [6.45, 7) is 6.40. The summed E-state index contributed by atoms with van der Waals surface area (Å²) >= 11 is 0. The molecule has 0 aromatic rings. The van der Waals surface area contributed by atoms with E-state index in [-0.39, 0.29) is 12.0 Å². The van der Waals surface area contributed by atoms with E-state index < -0.39 is 0 Å². The molecule has 1 aliphatic heterocycles. The predicted octanol–water partition coefficient (Wildman–Crippen LogP) is 0.982. The maximum atomic E-state index is 11.8. The van der Waals surface area contributed by atoms with Crippen LogP contribution in [-0.4, -0.2) is 29.9 Å². The van der Waals surface area contributed by atoms with E-state index >= 15 is 0 Å². The van der Waals surface area contributed by atoms with Gasteiger partial charge in [0, 0.05) is 19.1 Å². The van der Waals surface area contributed by atoms with E-state index in [1.807, 2.05) is 4.90 Å². The van der Waals surface area contributed by atoms with Crippen LogP contribution in [-0.2, 0) is 4.79 Å². The number of hydrogen-bond donors (Lipinski definition) is 1. The Kier molecular flexibility index (Phi) is 2.30. The van der Waals surface area contributed by atoms with Crippen molar-refractivity contribution in [3.05, 3.63) is 0 Å². The van der Waals surface area contributed by atoms with Crippen molar-refractivity contribution in [3.8, 4) is 0 Å². The van der Waals surface area contributed by atoms with Crippen molar-refractivity contribution in [2.75, 3.05) is 13.1 Å². The summed E-state index contributed by atoms with van der Waals surface area (Å²) in [6, 6.07) is 0.150. The Labute approximate surface area is 85.6 Å². The molecule has 2 atom stereocenters. The second kappa shape index (κ2) is 3.23. The van der Waals surface area contributed by atoms with Crippen LogP contribution in [0.5, 0.6) is 0 Å². The van der Waals surface area contributed by atoms with Crippen molar-refractivity contribution in [2.24, 2.45) is 17.1 Å². The zero-order valence-corrected chi connectivity index (χ0v) is 9.12. The molecular formula is C11H20N2O. The topological polar surface area (TPSA) is 46.3 Å². The Hall–Kier alpha value is -0.570. The number of piperidine rings is 1. The van der Waals surface area contributed by atoms with E-state index in [0.29, 0.717) is 11.3 Å². The fraction of sp³-hybridized carbons (Fsp3) is 0.909. The lowest BCUT2D eigenvalue weighted by Crippen LogP contribution is -2.42. The minimum absolute atomic E-state index is 0.149. The molecular weight excluding hydrogens is 176 g/mol. The van der Waals surface area contributed by atoms with E-state index in [0.717, 1.165) is 32.4 Å². The van der Waals surface area contributed by atoms with Gasteiger partial charge in [-0.15, -0.1) is 0 Å². The van der Waals surface area contributed by atoms with Crippen LogP contribution >= 0.6 is 0 Å². The molecule has 0 aromatic heterocycles. The van der Waals surface area contributed by atoms with Crippen LogP contribution in [0.4, 0.5) is 0 Å². The van der Waals surface area contributed by atoms with E-state index in [1.54, 1.807) is 0 Å². The van der Waals surface area contributed by atoms with Gasteiger partial charge in [0.15, 0.2) is 0 Å². The highest BCUT2D eigenvalue weighted by Gasteiger charge is 2.43. The molecule has 1 heterocycles. The van der Waals surface area contributed by atoms with E-state index in [4.69, 9.17) is 5.73 Å². The third-order valence-electron chi connectivity index (χ3n) is 3.59. The third-order valence-corrected chi connectivity index (χ3v) is 3.59. The zero-order valence-electron chi connectivity index (χ0n) is 9.12. The largest absolute Gasteiger partial charge is 0.342 e. The molecule has 1 aliphatic carbocycles. The van der Waals surface area contributed by atoms with Crippen molar-refractivity contribution in [1.29, 1.82) is 0 Å². The smallest absolute Gasteiger partial charge is 0.227 e. The van der Waals surface area contributed by atoms with Crippen molar-refractivity contribution in [1.82, 2.24) is 4.90 Å². The number of amides is 1. The Morgan fingerprint density at radius 3 is 2.29 bits per heavy atom. The summed E-state index contributed by atoms with van der Waals surface area (Å²) in [5, 5.41) is 0. The summed E-state index contributed by atoms with van der Waals surface area (Å²) in [6.07, 6.45) is 3.15. The van der Waals surface area contributed by atoms with Crippen LogP contribution in [0, 0.1) is 11.3 Å². The molecule has 0 bridgehead atoms. The van der Waals surface area contributed by atoms with Crippen LogP contribution in [0.1, 0.15) is 33.1 Å². The minimum atomic E-state index is 0.149. The van der Waals surface area contributed by atoms with Gasteiger partial charge >= 0.3 is 0 Å². The first-order valence-electron chi connectivity index (χ1n) is 5.54. The van der Waals surface area contributed by atoms with Gasteiger partial charge in [-0.1, -0.05) is 13.8 Å². The van der Waals surface area contributed by atoms with Crippen molar-refractivity contribution < 1.29 is 4.79 Å². The molecule has 2 unspecified atom stereocenters. The highest BCUT2D eigenvalue weighted by molar-refractivity contribution is 5.82. The molecule has 1 saturated heterocycles. The number of nitrogens with two attached hydrogens (primary N) is 1. The second-order valence-electron chi connectivity index (χ2n) is 5.50. The van der Waals surface area contributed by atoms with E-state index in [9.17, 15) is 4.79 Å². The molecule has 80 valence electrons. The maximum Gasteiger partial charge on any atom is 0.227 e. The number of carbonyl (C=O) groups excluding carboxylic acids is 1. The SMILES string of the molecule is CC1(C)CCN(C(=O)C2CC2N)CC1. The van der Waals surface area contributed by atoms with Gasteiger partial charge in [0.1, 0.15) is 0 Å². The molecule has 1 amide bonds. The van der Waals surface area contributed by atoms with Crippen LogP contribution in [0.15, 0.2) is 0 Å². The molecule has 0 aromatic carbocycles. The summed E-state index contributed by atoms with van der Waals surface area (Å²) < 4.78 is 0. The fourth-order valence-corrected chi connectivity index (χ4v) is 2.07. The molecule has 3 heteroatoms. The van der Waals surface area contributed by atoms with Crippen molar-refractivity contribution in [3.63, 3.8) is 0 Å². The third kappa shape index (κ3) is 1.92. The summed E-state index contributed by atoms with van der Waals surface area (Å²) in [7, 11) is 0. The quantitative estimate of drug-likeness (QED) is 0.679. The first-order valence-corrected chi connectivity index (χ1v) is 5.54. The Morgan fingerprint density at radius 2 is 1.86 bits per heavy atom. The Bertz CT molecular complexity index is 240. The van der Waals surface area contributed by atoms with Crippen LogP contribution in [0.25, 0.3) is 0 Å². The van der Waals surface area contributed by atoms with Gasteiger partial charge in [-0.3, -0.25) is 4.79 Å². The molecule has 14 heavy (non-hydrogen) atoms. The Balaban J connectivity index is 1.86. The molecule has 0 spiro atoms. The lowest BCUT2D eigenvalue weighted by Gasteiger charge is -2.37. The summed E-state index contributed by atoms with van der Waals surface area (Å²) in [5.41, 5.74) is 6.10. The lowest BCUT2D eigenvalue weighted by molar-refractivity contribution is -0.134. The zero-order chi connectivity index (χ0) is 10.3. The highest BCUT2D eigenvalue weighted by Crippen LogP contribution is 2.34. The average Bonchev–Trinajstić information content (AvgIpc) is 2.81. The van der Waals surface area contributed by atoms with E-state index in [1.165, 1.54) is 0 Å². The van der Waals surface area contributed by atoms with Crippen molar-refractivity contribution >= 4 is 5.91 Å². The molecule has 2 N–H and O–H groups in total. The normalized spacial score (nSPS) is 35.5. The molecule has 3 nitrogen and oxygen atoms in total. The maximum absolute atomic E-state index is 11.8. The Morgan fingerprint density at radius 1 is 1.36 bits per heavy atom. The lowest BCUT2D eigenvalue weighted by atomic mass is 9.82. The highest BCUT2D eigenvalue weighted by atomic mass is 16.2. The molecule has 2 rings (SSSR count). The van der Waals surface area contributed by atoms with Crippen molar-refractivity contribution in [2.45, 2.75) is 39.2 Å². The second-order valence-corrected chi connectivity index (χ2v) is 5.50. The number of hydrogen-bond acceptors (Lipinski definition) is 2. The fourth-order valence-electron chi connectivity index (χ4n) is 2.07. The van der Waals surface area contributed by atoms with E-state index in [2.05, 4.69) is 13.8 Å². The number of rotatable bonds is 1. The van der Waals surface area contributed by atoms with Crippen LogP contribution < -0.4 is 5.73 Å². The number of likely N-dealkylation sites (tertiary alicyclic amines) is 1. The minimum Gasteiger partial charge on any atom is -0.342 e. The molecule has 1 saturated carbocycles.